The van der Waals surface area contributed by atoms with Gasteiger partial charge in [0.2, 0.25) is 0 Å². The molecule has 7 heteroatoms. The molecule has 2 N–H and O–H groups in total. The summed E-state index contributed by atoms with van der Waals surface area (Å²) in [5.41, 5.74) is 5.51. The number of benzene rings is 2. The van der Waals surface area contributed by atoms with Crippen molar-refractivity contribution in [1.29, 1.82) is 0 Å². The molecule has 0 spiro atoms. The Labute approximate surface area is 111 Å². The number of rotatable bonds is 3. The number of ether oxygens (including phenoxy) is 2. The third-order valence-electron chi connectivity index (χ3n) is 2.20. The van der Waals surface area contributed by atoms with Crippen LogP contribution in [0.1, 0.15) is 0 Å². The summed E-state index contributed by atoms with van der Waals surface area (Å²) in [6.45, 7) is 0. The number of alkyl halides is 3. The number of nitrogens with two attached hydrogens (primary N) is 1. The van der Waals surface area contributed by atoms with Crippen molar-refractivity contribution in [3.8, 4) is 17.2 Å². The second kappa shape index (κ2) is 5.28. The van der Waals surface area contributed by atoms with Gasteiger partial charge in [0.25, 0.3) is 0 Å². The zero-order valence-corrected chi connectivity index (χ0v) is 9.95. The third-order valence-corrected chi connectivity index (χ3v) is 2.20. The topological polar surface area (TPSA) is 44.5 Å². The molecule has 0 unspecified atom stereocenters. The van der Waals surface area contributed by atoms with Crippen LogP contribution < -0.4 is 15.2 Å². The number of anilines is 1. The molecular weight excluding hydrogens is 278 g/mol. The molecule has 0 heterocycles. The van der Waals surface area contributed by atoms with Crippen LogP contribution in [0.25, 0.3) is 0 Å². The molecule has 0 aliphatic heterocycles. The molecule has 20 heavy (non-hydrogen) atoms. The van der Waals surface area contributed by atoms with Gasteiger partial charge in [0.1, 0.15) is 11.6 Å². The van der Waals surface area contributed by atoms with Crippen LogP contribution in [0.2, 0.25) is 0 Å². The summed E-state index contributed by atoms with van der Waals surface area (Å²) in [5, 5.41) is 0. The second-order valence-electron chi connectivity index (χ2n) is 3.82. The summed E-state index contributed by atoms with van der Waals surface area (Å²) in [7, 11) is 0. The molecule has 0 aliphatic rings. The molecule has 3 nitrogen and oxygen atoms in total. The van der Waals surface area contributed by atoms with Gasteiger partial charge in [-0.3, -0.25) is 0 Å². The first kappa shape index (κ1) is 14.0. The molecule has 0 atom stereocenters. The van der Waals surface area contributed by atoms with Crippen molar-refractivity contribution in [2.24, 2.45) is 0 Å². The van der Waals surface area contributed by atoms with Gasteiger partial charge in [0, 0.05) is 17.8 Å². The van der Waals surface area contributed by atoms with Gasteiger partial charge < -0.3 is 15.2 Å². The fraction of sp³-hybridized carbons (Fsp3) is 0.0769. The fourth-order valence-corrected chi connectivity index (χ4v) is 1.51. The van der Waals surface area contributed by atoms with E-state index in [0.717, 1.165) is 18.2 Å². The maximum atomic E-state index is 13.1. The van der Waals surface area contributed by atoms with Crippen LogP contribution in [0.15, 0.2) is 42.5 Å². The molecule has 0 saturated heterocycles. The lowest BCUT2D eigenvalue weighted by Gasteiger charge is -2.13. The van der Waals surface area contributed by atoms with Crippen LogP contribution in [0.4, 0.5) is 23.2 Å². The van der Waals surface area contributed by atoms with E-state index in [1.54, 1.807) is 0 Å². The van der Waals surface area contributed by atoms with Crippen molar-refractivity contribution >= 4 is 5.69 Å². The van der Waals surface area contributed by atoms with Gasteiger partial charge in [0.05, 0.1) is 0 Å². The van der Waals surface area contributed by atoms with Gasteiger partial charge >= 0.3 is 6.36 Å². The Balaban J connectivity index is 2.29. The predicted molar refractivity (Wildman–Crippen MR) is 64.0 cm³/mol. The number of halogens is 4. The van der Waals surface area contributed by atoms with E-state index in [1.807, 2.05) is 0 Å². The van der Waals surface area contributed by atoms with Crippen molar-refractivity contribution in [1.82, 2.24) is 0 Å². The third kappa shape index (κ3) is 3.78. The van der Waals surface area contributed by atoms with Gasteiger partial charge in [0.15, 0.2) is 11.5 Å². The van der Waals surface area contributed by atoms with Crippen LogP contribution in [-0.4, -0.2) is 6.36 Å². The molecule has 2 aromatic carbocycles. The average molecular weight is 287 g/mol. The van der Waals surface area contributed by atoms with Crippen molar-refractivity contribution < 1.29 is 27.0 Å². The molecule has 2 aromatic rings. The van der Waals surface area contributed by atoms with Crippen molar-refractivity contribution in [3.05, 3.63) is 48.3 Å². The summed E-state index contributed by atoms with van der Waals surface area (Å²) in [4.78, 5) is 0. The molecule has 0 fully saturated rings. The van der Waals surface area contributed by atoms with Crippen molar-refractivity contribution in [2.75, 3.05) is 5.73 Å². The fourth-order valence-electron chi connectivity index (χ4n) is 1.51. The normalized spacial score (nSPS) is 11.2. The van der Waals surface area contributed by atoms with E-state index in [1.165, 1.54) is 24.3 Å². The maximum Gasteiger partial charge on any atom is 0.573 e. The Kier molecular flexibility index (Phi) is 3.69. The van der Waals surface area contributed by atoms with E-state index >= 15 is 0 Å². The summed E-state index contributed by atoms with van der Waals surface area (Å²) in [6.07, 6.45) is -4.85. The number of para-hydroxylation sites is 2. The highest BCUT2D eigenvalue weighted by atomic mass is 19.4. The Morgan fingerprint density at radius 2 is 1.60 bits per heavy atom. The lowest BCUT2D eigenvalue weighted by molar-refractivity contribution is -0.275. The van der Waals surface area contributed by atoms with Crippen LogP contribution in [0.3, 0.4) is 0 Å². The molecule has 106 valence electrons. The Morgan fingerprint density at radius 1 is 0.950 bits per heavy atom. The number of hydrogen-bond acceptors (Lipinski definition) is 3. The second-order valence-corrected chi connectivity index (χ2v) is 3.82. The van der Waals surface area contributed by atoms with Gasteiger partial charge in [-0.1, -0.05) is 12.1 Å². The highest BCUT2D eigenvalue weighted by Gasteiger charge is 2.32. The van der Waals surface area contributed by atoms with Crippen LogP contribution in [0, 0.1) is 5.82 Å². The molecule has 0 bridgehead atoms. The van der Waals surface area contributed by atoms with Crippen molar-refractivity contribution in [3.63, 3.8) is 0 Å². The molecule has 0 aliphatic carbocycles. The van der Waals surface area contributed by atoms with Gasteiger partial charge in [-0.25, -0.2) is 4.39 Å². The first-order valence-corrected chi connectivity index (χ1v) is 5.42. The van der Waals surface area contributed by atoms with Crippen LogP contribution in [-0.2, 0) is 0 Å². The first-order valence-electron chi connectivity index (χ1n) is 5.42. The van der Waals surface area contributed by atoms with Crippen LogP contribution in [0.5, 0.6) is 17.2 Å². The van der Waals surface area contributed by atoms with E-state index in [-0.39, 0.29) is 17.2 Å². The minimum atomic E-state index is -4.85. The maximum absolute atomic E-state index is 13.1. The monoisotopic (exact) mass is 287 g/mol. The van der Waals surface area contributed by atoms with Crippen LogP contribution >= 0.6 is 0 Å². The summed E-state index contributed by atoms with van der Waals surface area (Å²) < 4.78 is 58.8. The van der Waals surface area contributed by atoms with E-state index in [4.69, 9.17) is 10.5 Å². The zero-order chi connectivity index (χ0) is 14.8. The Bertz CT molecular complexity index is 593. The largest absolute Gasteiger partial charge is 0.573 e. The lowest BCUT2D eigenvalue weighted by atomic mass is 10.3. The van der Waals surface area contributed by atoms with E-state index < -0.39 is 17.9 Å². The van der Waals surface area contributed by atoms with Crippen molar-refractivity contribution in [2.45, 2.75) is 6.36 Å². The highest BCUT2D eigenvalue weighted by Crippen LogP contribution is 2.35. The minimum absolute atomic E-state index is 0.0271. The number of nitrogen functional groups attached to an aromatic ring is 1. The first-order chi connectivity index (χ1) is 9.33. The smallest absolute Gasteiger partial charge is 0.453 e. The quantitative estimate of drug-likeness (QED) is 0.682. The predicted octanol–water partition coefficient (Wildman–Crippen LogP) is 4.10. The van der Waals surface area contributed by atoms with E-state index in [9.17, 15) is 17.6 Å². The molecule has 0 radical (unpaired) electrons. The number of hydrogen-bond donors (Lipinski definition) is 1. The molecule has 2 rings (SSSR count). The van der Waals surface area contributed by atoms with E-state index in [0.29, 0.717) is 0 Å². The standard InChI is InChI=1S/C13H9F4NO2/c14-8-5-9(18)7-10(6-8)19-11-3-1-2-4-12(11)20-13(15,16)17/h1-7H,18H2. The molecular formula is C13H9F4NO2. The zero-order valence-electron chi connectivity index (χ0n) is 9.95. The minimum Gasteiger partial charge on any atom is -0.453 e. The van der Waals surface area contributed by atoms with Gasteiger partial charge in [-0.05, 0) is 18.2 Å². The van der Waals surface area contributed by atoms with Gasteiger partial charge in [-0.2, -0.15) is 0 Å². The highest BCUT2D eigenvalue weighted by molar-refractivity contribution is 5.48. The summed E-state index contributed by atoms with van der Waals surface area (Å²) in [6, 6.07) is 8.52. The van der Waals surface area contributed by atoms with E-state index in [2.05, 4.69) is 4.74 Å². The molecule has 0 aromatic heterocycles. The summed E-state index contributed by atoms with van der Waals surface area (Å²) >= 11 is 0. The molecule has 0 saturated carbocycles. The SMILES string of the molecule is Nc1cc(F)cc(Oc2ccccc2OC(F)(F)F)c1. The Morgan fingerprint density at radius 3 is 2.20 bits per heavy atom. The summed E-state index contributed by atoms with van der Waals surface area (Å²) in [5.74, 6) is -1.41. The lowest BCUT2D eigenvalue weighted by Crippen LogP contribution is -2.17. The Hall–Kier alpha value is -2.44. The van der Waals surface area contributed by atoms with Gasteiger partial charge in [-0.15, -0.1) is 13.2 Å². The average Bonchev–Trinajstić information content (AvgIpc) is 2.28. The molecule has 0 amide bonds.